The predicted octanol–water partition coefficient (Wildman–Crippen LogP) is 0.479. The van der Waals surface area contributed by atoms with E-state index in [4.69, 9.17) is 4.74 Å². The zero-order valence-electron chi connectivity index (χ0n) is 9.89. The van der Waals surface area contributed by atoms with Crippen LogP contribution in [0.15, 0.2) is 0 Å². The number of ether oxygens (including phenoxy) is 1. The van der Waals surface area contributed by atoms with Crippen LogP contribution in [0.3, 0.4) is 0 Å². The highest BCUT2D eigenvalue weighted by Crippen LogP contribution is 2.04. The van der Waals surface area contributed by atoms with Crippen molar-refractivity contribution in [2.45, 2.75) is 26.4 Å². The van der Waals surface area contributed by atoms with Gasteiger partial charge in [0, 0.05) is 27.2 Å². The van der Waals surface area contributed by atoms with Crippen molar-refractivity contribution in [3.63, 3.8) is 0 Å². The quantitative estimate of drug-likeness (QED) is 0.681. The lowest BCUT2D eigenvalue weighted by Gasteiger charge is -2.23. The second kappa shape index (κ2) is 5.98. The first-order valence-corrected chi connectivity index (χ1v) is 4.92. The van der Waals surface area contributed by atoms with Crippen LogP contribution < -0.4 is 5.32 Å². The van der Waals surface area contributed by atoms with Crippen LogP contribution in [-0.2, 0) is 9.53 Å². The van der Waals surface area contributed by atoms with Crippen molar-refractivity contribution >= 4 is 5.91 Å². The van der Waals surface area contributed by atoms with E-state index in [1.54, 1.807) is 19.1 Å². The number of amides is 1. The molecular formula is C10H22N2O2. The minimum atomic E-state index is -0.217. The van der Waals surface area contributed by atoms with E-state index in [2.05, 4.69) is 5.32 Å². The van der Waals surface area contributed by atoms with Crippen LogP contribution in [-0.4, -0.2) is 50.2 Å². The van der Waals surface area contributed by atoms with Gasteiger partial charge in [-0.15, -0.1) is 0 Å². The van der Waals surface area contributed by atoms with Gasteiger partial charge >= 0.3 is 0 Å². The van der Waals surface area contributed by atoms with Gasteiger partial charge in [-0.1, -0.05) is 0 Å². The number of carbonyl (C=O) groups excluding carboxylic acids is 1. The van der Waals surface area contributed by atoms with E-state index < -0.39 is 0 Å². The Bertz CT molecular complexity index is 181. The van der Waals surface area contributed by atoms with E-state index in [0.29, 0.717) is 13.1 Å². The van der Waals surface area contributed by atoms with Crippen LogP contribution in [0, 0.1) is 0 Å². The van der Waals surface area contributed by atoms with Gasteiger partial charge in [0.1, 0.15) is 0 Å². The van der Waals surface area contributed by atoms with Crippen LogP contribution >= 0.6 is 0 Å². The third-order valence-electron chi connectivity index (χ3n) is 2.28. The lowest BCUT2D eigenvalue weighted by Crippen LogP contribution is -2.42. The Labute approximate surface area is 86.6 Å². The van der Waals surface area contributed by atoms with Gasteiger partial charge in [0.05, 0.1) is 12.1 Å². The first-order chi connectivity index (χ1) is 6.43. The summed E-state index contributed by atoms with van der Waals surface area (Å²) in [7, 11) is 3.47. The molecule has 0 fully saturated rings. The monoisotopic (exact) mass is 202 g/mol. The molecule has 4 heteroatoms. The molecule has 0 heterocycles. The normalized spacial score (nSPS) is 11.5. The van der Waals surface area contributed by atoms with Gasteiger partial charge in [0.25, 0.3) is 0 Å². The molecule has 4 nitrogen and oxygen atoms in total. The lowest BCUT2D eigenvalue weighted by atomic mass is 10.1. The third-order valence-corrected chi connectivity index (χ3v) is 2.28. The standard InChI is InChI=1S/C10H22N2O2/c1-6-12(4)9(13)7-11-8-10(2,3)14-5/h11H,6-8H2,1-5H3. The summed E-state index contributed by atoms with van der Waals surface area (Å²) < 4.78 is 5.22. The van der Waals surface area contributed by atoms with Crippen LogP contribution in [0.4, 0.5) is 0 Å². The Morgan fingerprint density at radius 2 is 2.07 bits per heavy atom. The van der Waals surface area contributed by atoms with Gasteiger partial charge in [-0.05, 0) is 20.8 Å². The average Bonchev–Trinajstić information content (AvgIpc) is 2.16. The molecule has 1 N–H and O–H groups in total. The Kier molecular flexibility index (Phi) is 5.72. The summed E-state index contributed by atoms with van der Waals surface area (Å²) in [4.78, 5) is 13.1. The maximum absolute atomic E-state index is 11.4. The number of nitrogens with one attached hydrogen (secondary N) is 1. The molecule has 0 atom stereocenters. The molecule has 0 aliphatic carbocycles. The largest absolute Gasteiger partial charge is 0.377 e. The Morgan fingerprint density at radius 3 is 2.50 bits per heavy atom. The summed E-state index contributed by atoms with van der Waals surface area (Å²) in [6.45, 7) is 7.71. The highest BCUT2D eigenvalue weighted by atomic mass is 16.5. The fraction of sp³-hybridized carbons (Fsp3) is 0.900. The average molecular weight is 202 g/mol. The molecule has 0 rings (SSSR count). The molecule has 0 aromatic carbocycles. The first kappa shape index (κ1) is 13.4. The molecule has 14 heavy (non-hydrogen) atoms. The summed E-state index contributed by atoms with van der Waals surface area (Å²) in [5, 5.41) is 3.08. The van der Waals surface area contributed by atoms with Gasteiger partial charge < -0.3 is 15.0 Å². The molecule has 0 unspecified atom stereocenters. The number of methoxy groups -OCH3 is 1. The maximum Gasteiger partial charge on any atom is 0.236 e. The summed E-state index contributed by atoms with van der Waals surface area (Å²) in [6.07, 6.45) is 0. The van der Waals surface area contributed by atoms with Crippen molar-refractivity contribution in [2.24, 2.45) is 0 Å². The molecule has 0 aromatic heterocycles. The number of hydrogen-bond acceptors (Lipinski definition) is 3. The van der Waals surface area contributed by atoms with E-state index in [9.17, 15) is 4.79 Å². The lowest BCUT2D eigenvalue weighted by molar-refractivity contribution is -0.128. The molecular weight excluding hydrogens is 180 g/mol. The van der Waals surface area contributed by atoms with Crippen LogP contribution in [0.1, 0.15) is 20.8 Å². The fourth-order valence-corrected chi connectivity index (χ4v) is 0.854. The van der Waals surface area contributed by atoms with Crippen molar-refractivity contribution in [2.75, 3.05) is 33.8 Å². The van der Waals surface area contributed by atoms with Gasteiger partial charge in [0.15, 0.2) is 0 Å². The molecule has 0 aliphatic heterocycles. The van der Waals surface area contributed by atoms with E-state index in [0.717, 1.165) is 6.54 Å². The van der Waals surface area contributed by atoms with Gasteiger partial charge in [-0.2, -0.15) is 0 Å². The highest BCUT2D eigenvalue weighted by Gasteiger charge is 2.16. The topological polar surface area (TPSA) is 41.6 Å². The summed E-state index contributed by atoms with van der Waals surface area (Å²) in [5.74, 6) is 0.111. The summed E-state index contributed by atoms with van der Waals surface area (Å²) in [5.41, 5.74) is -0.217. The zero-order chi connectivity index (χ0) is 11.2. The number of nitrogens with zero attached hydrogens (tertiary/aromatic N) is 1. The van der Waals surface area contributed by atoms with Gasteiger partial charge in [0.2, 0.25) is 5.91 Å². The number of hydrogen-bond donors (Lipinski definition) is 1. The SMILES string of the molecule is CCN(C)C(=O)CNCC(C)(C)OC. The van der Waals surface area contributed by atoms with Crippen molar-refractivity contribution in [1.82, 2.24) is 10.2 Å². The van der Waals surface area contributed by atoms with Crippen molar-refractivity contribution in [3.05, 3.63) is 0 Å². The van der Waals surface area contributed by atoms with E-state index >= 15 is 0 Å². The zero-order valence-corrected chi connectivity index (χ0v) is 9.89. The maximum atomic E-state index is 11.4. The first-order valence-electron chi connectivity index (χ1n) is 4.92. The molecule has 0 saturated heterocycles. The second-order valence-electron chi connectivity index (χ2n) is 3.98. The Balaban J connectivity index is 3.69. The van der Waals surface area contributed by atoms with Crippen LogP contribution in [0.25, 0.3) is 0 Å². The smallest absolute Gasteiger partial charge is 0.236 e. The Morgan fingerprint density at radius 1 is 1.50 bits per heavy atom. The molecule has 0 bridgehead atoms. The van der Waals surface area contributed by atoms with Crippen molar-refractivity contribution in [3.8, 4) is 0 Å². The molecule has 0 spiro atoms. The highest BCUT2D eigenvalue weighted by molar-refractivity contribution is 5.77. The molecule has 0 radical (unpaired) electrons. The fourth-order valence-electron chi connectivity index (χ4n) is 0.854. The second-order valence-corrected chi connectivity index (χ2v) is 3.98. The molecule has 0 aromatic rings. The summed E-state index contributed by atoms with van der Waals surface area (Å²) >= 11 is 0. The van der Waals surface area contributed by atoms with Gasteiger partial charge in [-0.3, -0.25) is 4.79 Å². The van der Waals surface area contributed by atoms with E-state index in [1.165, 1.54) is 0 Å². The van der Waals surface area contributed by atoms with Gasteiger partial charge in [-0.25, -0.2) is 0 Å². The summed E-state index contributed by atoms with van der Waals surface area (Å²) in [6, 6.07) is 0. The van der Waals surface area contributed by atoms with Crippen molar-refractivity contribution in [1.29, 1.82) is 0 Å². The number of likely N-dealkylation sites (N-methyl/N-ethyl adjacent to an activating group) is 1. The Hall–Kier alpha value is -0.610. The van der Waals surface area contributed by atoms with Crippen LogP contribution in [0.5, 0.6) is 0 Å². The minimum absolute atomic E-state index is 0.111. The molecule has 0 saturated carbocycles. The van der Waals surface area contributed by atoms with E-state index in [1.807, 2.05) is 20.8 Å². The number of rotatable bonds is 6. The molecule has 84 valence electrons. The minimum Gasteiger partial charge on any atom is -0.377 e. The van der Waals surface area contributed by atoms with Crippen LogP contribution in [0.2, 0.25) is 0 Å². The molecule has 1 amide bonds. The van der Waals surface area contributed by atoms with Crippen molar-refractivity contribution < 1.29 is 9.53 Å². The number of carbonyl (C=O) groups is 1. The van der Waals surface area contributed by atoms with E-state index in [-0.39, 0.29) is 11.5 Å². The molecule has 0 aliphatic rings. The third kappa shape index (κ3) is 5.19. The predicted molar refractivity (Wildman–Crippen MR) is 57.3 cm³/mol.